The molecule has 2 heteroatoms. The molecule has 0 rings (SSSR count). The van der Waals surface area contributed by atoms with Crippen LogP contribution in [0.2, 0.25) is 0 Å². The van der Waals surface area contributed by atoms with Gasteiger partial charge in [0.1, 0.15) is 0 Å². The van der Waals surface area contributed by atoms with E-state index in [4.69, 9.17) is 5.11 Å². The Morgan fingerprint density at radius 3 is 1.29 bits per heavy atom. The molecule has 0 aliphatic carbocycles. The predicted molar refractivity (Wildman–Crippen MR) is 106 cm³/mol. The van der Waals surface area contributed by atoms with Gasteiger partial charge in [0, 0.05) is 6.08 Å². The summed E-state index contributed by atoms with van der Waals surface area (Å²) in [6.07, 6.45) is 27.5. The zero-order valence-corrected chi connectivity index (χ0v) is 16.2. The molecule has 2 nitrogen and oxygen atoms in total. The lowest BCUT2D eigenvalue weighted by molar-refractivity contribution is -0.131. The third kappa shape index (κ3) is 21.2. The van der Waals surface area contributed by atoms with Gasteiger partial charge in [-0.25, -0.2) is 4.79 Å². The standard InChI is InChI=1S/C22H42O2/c1-2-3-4-5-6-7-8-9-10-11-12-13-14-15-16-17-18-19-20-21-22(23)24/h20-21H,2-19H2,1H3,(H,23,24)/b21-20-. The van der Waals surface area contributed by atoms with Crippen LogP contribution in [0.15, 0.2) is 12.2 Å². The van der Waals surface area contributed by atoms with Gasteiger partial charge in [-0.2, -0.15) is 0 Å². The molecule has 0 saturated heterocycles. The molecule has 0 radical (unpaired) electrons. The molecule has 0 unspecified atom stereocenters. The van der Waals surface area contributed by atoms with Crippen molar-refractivity contribution in [2.75, 3.05) is 0 Å². The minimum Gasteiger partial charge on any atom is -0.478 e. The van der Waals surface area contributed by atoms with Crippen molar-refractivity contribution in [1.82, 2.24) is 0 Å². The fourth-order valence-electron chi connectivity index (χ4n) is 3.17. The topological polar surface area (TPSA) is 37.3 Å². The Labute approximate surface area is 151 Å². The zero-order valence-electron chi connectivity index (χ0n) is 16.2. The number of rotatable bonds is 19. The normalized spacial score (nSPS) is 11.4. The zero-order chi connectivity index (χ0) is 17.7. The number of hydrogen-bond donors (Lipinski definition) is 1. The molecular formula is C22H42O2. The van der Waals surface area contributed by atoms with Gasteiger partial charge in [0.15, 0.2) is 0 Å². The number of allylic oxidation sites excluding steroid dienone is 1. The maximum Gasteiger partial charge on any atom is 0.327 e. The fraction of sp³-hybridized carbons (Fsp3) is 0.864. The Balaban J connectivity index is 3.01. The number of carbonyl (C=O) groups is 1. The van der Waals surface area contributed by atoms with E-state index in [1.165, 1.54) is 109 Å². The molecule has 0 aromatic carbocycles. The smallest absolute Gasteiger partial charge is 0.327 e. The van der Waals surface area contributed by atoms with Gasteiger partial charge < -0.3 is 5.11 Å². The van der Waals surface area contributed by atoms with Crippen molar-refractivity contribution in [3.8, 4) is 0 Å². The minimum absolute atomic E-state index is 0.832. The van der Waals surface area contributed by atoms with E-state index in [0.717, 1.165) is 12.8 Å². The van der Waals surface area contributed by atoms with Crippen LogP contribution < -0.4 is 0 Å². The lowest BCUT2D eigenvalue weighted by atomic mass is 10.0. The summed E-state index contributed by atoms with van der Waals surface area (Å²) in [6.45, 7) is 2.28. The van der Waals surface area contributed by atoms with Gasteiger partial charge in [-0.1, -0.05) is 116 Å². The van der Waals surface area contributed by atoms with Gasteiger partial charge >= 0.3 is 5.97 Å². The number of unbranched alkanes of at least 4 members (excludes halogenated alkanes) is 17. The number of aliphatic carboxylic acids is 1. The molecule has 0 fully saturated rings. The van der Waals surface area contributed by atoms with Crippen LogP contribution in [0.4, 0.5) is 0 Å². The van der Waals surface area contributed by atoms with Crippen molar-refractivity contribution in [1.29, 1.82) is 0 Å². The molecule has 24 heavy (non-hydrogen) atoms. The van der Waals surface area contributed by atoms with Gasteiger partial charge in [-0.15, -0.1) is 0 Å². The van der Waals surface area contributed by atoms with Crippen molar-refractivity contribution in [2.24, 2.45) is 0 Å². The second-order valence-electron chi connectivity index (χ2n) is 7.19. The molecule has 0 aliphatic rings. The van der Waals surface area contributed by atoms with Crippen molar-refractivity contribution < 1.29 is 9.90 Å². The monoisotopic (exact) mass is 338 g/mol. The maximum absolute atomic E-state index is 10.3. The highest BCUT2D eigenvalue weighted by molar-refractivity contribution is 5.79. The van der Waals surface area contributed by atoms with Crippen molar-refractivity contribution in [2.45, 2.75) is 122 Å². The van der Waals surface area contributed by atoms with E-state index in [1.807, 2.05) is 0 Å². The number of carboxylic acids is 1. The maximum atomic E-state index is 10.3. The Morgan fingerprint density at radius 2 is 0.958 bits per heavy atom. The van der Waals surface area contributed by atoms with Crippen LogP contribution in [-0.2, 0) is 4.79 Å². The molecule has 0 atom stereocenters. The molecule has 0 bridgehead atoms. The first kappa shape index (κ1) is 23.2. The average molecular weight is 339 g/mol. The Morgan fingerprint density at radius 1 is 0.625 bits per heavy atom. The average Bonchev–Trinajstić information content (AvgIpc) is 2.56. The lowest BCUT2D eigenvalue weighted by Gasteiger charge is -2.03. The number of carboxylic acid groups (broad SMARTS) is 1. The van der Waals surface area contributed by atoms with Gasteiger partial charge in [0.2, 0.25) is 0 Å². The quantitative estimate of drug-likeness (QED) is 0.194. The summed E-state index contributed by atoms with van der Waals surface area (Å²) >= 11 is 0. The highest BCUT2D eigenvalue weighted by Gasteiger charge is 1.94. The van der Waals surface area contributed by atoms with Crippen LogP contribution >= 0.6 is 0 Å². The van der Waals surface area contributed by atoms with E-state index in [9.17, 15) is 4.79 Å². The summed E-state index contributed by atoms with van der Waals surface area (Å²) in [4.78, 5) is 10.3. The van der Waals surface area contributed by atoms with Gasteiger partial charge in [0.05, 0.1) is 0 Å². The SMILES string of the molecule is CCCCCCCCCCCCCCCCCCC/C=C\C(=O)O. The molecule has 0 heterocycles. The highest BCUT2D eigenvalue weighted by Crippen LogP contribution is 2.14. The summed E-state index contributed by atoms with van der Waals surface area (Å²) in [5, 5.41) is 8.47. The molecule has 0 aliphatic heterocycles. The van der Waals surface area contributed by atoms with Crippen LogP contribution in [0.25, 0.3) is 0 Å². The lowest BCUT2D eigenvalue weighted by Crippen LogP contribution is -1.86. The van der Waals surface area contributed by atoms with E-state index < -0.39 is 5.97 Å². The molecule has 142 valence electrons. The van der Waals surface area contributed by atoms with Crippen LogP contribution in [0, 0.1) is 0 Å². The van der Waals surface area contributed by atoms with Crippen molar-refractivity contribution in [3.05, 3.63) is 12.2 Å². The second-order valence-corrected chi connectivity index (χ2v) is 7.19. The van der Waals surface area contributed by atoms with Crippen molar-refractivity contribution >= 4 is 5.97 Å². The molecular weight excluding hydrogens is 296 g/mol. The Bertz CT molecular complexity index is 284. The molecule has 0 aromatic rings. The summed E-state index contributed by atoms with van der Waals surface area (Å²) in [6, 6.07) is 0. The van der Waals surface area contributed by atoms with E-state index in [0.29, 0.717) is 0 Å². The first-order valence-electron chi connectivity index (χ1n) is 10.7. The van der Waals surface area contributed by atoms with Crippen molar-refractivity contribution in [3.63, 3.8) is 0 Å². The summed E-state index contributed by atoms with van der Waals surface area (Å²) in [7, 11) is 0. The fourth-order valence-corrected chi connectivity index (χ4v) is 3.17. The molecule has 0 spiro atoms. The van der Waals surface area contributed by atoms with Crippen LogP contribution in [-0.4, -0.2) is 11.1 Å². The minimum atomic E-state index is -0.832. The van der Waals surface area contributed by atoms with E-state index in [2.05, 4.69) is 6.92 Å². The van der Waals surface area contributed by atoms with Crippen LogP contribution in [0.3, 0.4) is 0 Å². The van der Waals surface area contributed by atoms with Crippen LogP contribution in [0.5, 0.6) is 0 Å². The van der Waals surface area contributed by atoms with Crippen LogP contribution in [0.1, 0.15) is 122 Å². The van der Waals surface area contributed by atoms with E-state index >= 15 is 0 Å². The third-order valence-electron chi connectivity index (χ3n) is 4.73. The van der Waals surface area contributed by atoms with E-state index in [1.54, 1.807) is 6.08 Å². The number of hydrogen-bond acceptors (Lipinski definition) is 1. The Hall–Kier alpha value is -0.790. The summed E-state index contributed by atoms with van der Waals surface area (Å²) in [5.41, 5.74) is 0. The molecule has 0 saturated carbocycles. The van der Waals surface area contributed by atoms with Gasteiger partial charge in [-0.3, -0.25) is 0 Å². The summed E-state index contributed by atoms with van der Waals surface area (Å²) < 4.78 is 0. The highest BCUT2D eigenvalue weighted by atomic mass is 16.4. The first-order chi connectivity index (χ1) is 11.8. The molecule has 1 N–H and O–H groups in total. The first-order valence-corrected chi connectivity index (χ1v) is 10.7. The summed E-state index contributed by atoms with van der Waals surface area (Å²) in [5.74, 6) is -0.832. The molecule has 0 aromatic heterocycles. The van der Waals surface area contributed by atoms with Gasteiger partial charge in [0.25, 0.3) is 0 Å². The Kier molecular flexibility index (Phi) is 19.6. The predicted octanol–water partition coefficient (Wildman–Crippen LogP) is 7.67. The third-order valence-corrected chi connectivity index (χ3v) is 4.73. The largest absolute Gasteiger partial charge is 0.478 e. The second kappa shape index (κ2) is 20.3. The van der Waals surface area contributed by atoms with Gasteiger partial charge in [-0.05, 0) is 12.8 Å². The molecule has 0 amide bonds. The van der Waals surface area contributed by atoms with E-state index in [-0.39, 0.29) is 0 Å².